The van der Waals surface area contributed by atoms with Crippen LogP contribution in [0.25, 0.3) is 0 Å². The van der Waals surface area contributed by atoms with Crippen LogP contribution in [0.4, 0.5) is 0 Å². The third-order valence-electron chi connectivity index (χ3n) is 0.836. The van der Waals surface area contributed by atoms with Gasteiger partial charge < -0.3 is 0 Å². The summed E-state index contributed by atoms with van der Waals surface area (Å²) >= 11 is 4.73. The van der Waals surface area contributed by atoms with Gasteiger partial charge in [-0.05, 0) is 29.3 Å². The van der Waals surface area contributed by atoms with Gasteiger partial charge in [0.1, 0.15) is 0 Å². The molecule has 0 spiro atoms. The van der Waals surface area contributed by atoms with Gasteiger partial charge in [-0.1, -0.05) is 5.10 Å². The summed E-state index contributed by atoms with van der Waals surface area (Å²) < 4.78 is 1.52. The number of tetrazole rings is 1. The Morgan fingerprint density at radius 1 is 1.42 bits per heavy atom. The second-order valence-corrected chi connectivity index (χ2v) is 1.91. The molecule has 1 aromatic rings. The van der Waals surface area contributed by atoms with Gasteiger partial charge >= 0.3 is 0 Å². The summed E-state index contributed by atoms with van der Waals surface area (Å²) in [5.41, 5.74) is 0. The fourth-order valence-corrected chi connectivity index (χ4v) is 0.549. The Bertz CT molecular complexity index is 479. The van der Waals surface area contributed by atoms with Gasteiger partial charge in [-0.3, -0.25) is 0 Å². The molecule has 1 aromatic heterocycles. The first-order chi connectivity index (χ1) is 5.84. The second kappa shape index (κ2) is 3.98. The Balaban J connectivity index is 2.89. The number of nitrogens with zero attached hydrogens (tertiary/aromatic N) is 3. The predicted molar refractivity (Wildman–Crippen MR) is 45.0 cm³/mol. The van der Waals surface area contributed by atoms with E-state index in [1.807, 2.05) is 0 Å². The van der Waals surface area contributed by atoms with Crippen molar-refractivity contribution < 1.29 is 0 Å². The van der Waals surface area contributed by atoms with Crippen molar-refractivity contribution in [3.8, 4) is 36.1 Å². The molecule has 0 saturated heterocycles. The molecule has 56 valence electrons. The lowest BCUT2D eigenvalue weighted by atomic mass is 10.6. The van der Waals surface area contributed by atoms with Crippen molar-refractivity contribution in [1.82, 2.24) is 20.2 Å². The topological polar surface area (TPSA) is 46.5 Å². The Labute approximate surface area is 74.0 Å². The molecule has 0 bridgehead atoms. The monoisotopic (exact) mass is 174 g/mol. The van der Waals surface area contributed by atoms with Crippen molar-refractivity contribution in [1.29, 1.82) is 0 Å². The standard InChI is InChI=1S/C7H2N4S/c1-2-3-4-5-6-11-7(12)8-9-10-11/h1H,(H,8,10,12). The minimum atomic E-state index is 0.255. The molecule has 1 N–H and O–H groups in total. The normalized spacial score (nSPS) is 6.92. The number of hydrogen-bond donors (Lipinski definition) is 1. The highest BCUT2D eigenvalue weighted by Crippen LogP contribution is 1.75. The van der Waals surface area contributed by atoms with E-state index in [0.29, 0.717) is 0 Å². The van der Waals surface area contributed by atoms with Gasteiger partial charge in [0.2, 0.25) is 0 Å². The van der Waals surface area contributed by atoms with Crippen LogP contribution in [0.5, 0.6) is 0 Å². The highest BCUT2D eigenvalue weighted by molar-refractivity contribution is 7.71. The Morgan fingerprint density at radius 2 is 2.25 bits per heavy atom. The summed E-state index contributed by atoms with van der Waals surface area (Å²) in [4.78, 5) is 0. The van der Waals surface area contributed by atoms with Gasteiger partial charge in [-0.25, -0.2) is 0 Å². The van der Waals surface area contributed by atoms with Crippen LogP contribution in [0.15, 0.2) is 0 Å². The summed E-state index contributed by atoms with van der Waals surface area (Å²) in [6.07, 6.45) is 4.87. The van der Waals surface area contributed by atoms with Gasteiger partial charge in [0.05, 0.1) is 6.04 Å². The summed E-state index contributed by atoms with van der Waals surface area (Å²) in [6.45, 7) is 0. The number of nitrogens with one attached hydrogen (secondary N) is 1. The Morgan fingerprint density at radius 3 is 2.83 bits per heavy atom. The minimum absolute atomic E-state index is 0.255. The summed E-state index contributed by atoms with van der Waals surface area (Å²) in [5.74, 6) is 9.33. The first-order valence-electron chi connectivity index (χ1n) is 2.81. The van der Waals surface area contributed by atoms with Gasteiger partial charge in [0.25, 0.3) is 4.77 Å². The zero-order valence-corrected chi connectivity index (χ0v) is 6.64. The van der Waals surface area contributed by atoms with Crippen LogP contribution >= 0.6 is 12.2 Å². The fraction of sp³-hybridized carbons (Fsp3) is 0. The SMILES string of the molecule is C#CC#CC#Cn1[nH]nnc1=S. The van der Waals surface area contributed by atoms with E-state index in [-0.39, 0.29) is 4.77 Å². The number of aromatic amines is 1. The molecule has 5 heteroatoms. The second-order valence-electron chi connectivity index (χ2n) is 1.55. The summed E-state index contributed by atoms with van der Waals surface area (Å²) in [7, 11) is 0. The number of terminal acetylenes is 1. The van der Waals surface area contributed by atoms with E-state index in [4.69, 9.17) is 18.6 Å². The van der Waals surface area contributed by atoms with E-state index >= 15 is 0 Å². The van der Waals surface area contributed by atoms with Crippen LogP contribution < -0.4 is 0 Å². The van der Waals surface area contributed by atoms with Gasteiger partial charge in [-0.15, -0.1) is 6.42 Å². The average Bonchev–Trinajstić information content (AvgIpc) is 2.46. The zero-order chi connectivity index (χ0) is 8.81. The maximum atomic E-state index is 4.87. The van der Waals surface area contributed by atoms with Crippen molar-refractivity contribution in [2.45, 2.75) is 0 Å². The average molecular weight is 174 g/mol. The molecule has 0 saturated carbocycles. The first-order valence-corrected chi connectivity index (χ1v) is 3.22. The van der Waals surface area contributed by atoms with Crippen LogP contribution in [-0.4, -0.2) is 20.2 Å². The van der Waals surface area contributed by atoms with Crippen LogP contribution in [0.1, 0.15) is 0 Å². The van der Waals surface area contributed by atoms with Crippen molar-refractivity contribution in [3.05, 3.63) is 4.77 Å². The third kappa shape index (κ3) is 1.98. The molecule has 0 fully saturated rings. The number of H-pyrrole nitrogens is 1. The van der Waals surface area contributed by atoms with E-state index in [0.717, 1.165) is 0 Å². The molecule has 1 rings (SSSR count). The molecule has 0 aliphatic rings. The lowest BCUT2D eigenvalue weighted by Crippen LogP contribution is -1.90. The van der Waals surface area contributed by atoms with E-state index in [1.54, 1.807) is 0 Å². The molecule has 1 heterocycles. The van der Waals surface area contributed by atoms with Crippen LogP contribution in [0, 0.1) is 40.9 Å². The molecule has 0 unspecified atom stereocenters. The highest BCUT2D eigenvalue weighted by atomic mass is 32.1. The molecule has 0 aliphatic heterocycles. The molecule has 0 radical (unpaired) electrons. The Kier molecular flexibility index (Phi) is 2.67. The zero-order valence-electron chi connectivity index (χ0n) is 5.83. The van der Waals surface area contributed by atoms with Crippen molar-refractivity contribution in [3.63, 3.8) is 0 Å². The van der Waals surface area contributed by atoms with E-state index in [2.05, 4.69) is 45.3 Å². The van der Waals surface area contributed by atoms with Crippen LogP contribution in [0.2, 0.25) is 0 Å². The fourth-order valence-electron chi connectivity index (χ4n) is 0.421. The quantitative estimate of drug-likeness (QED) is 0.437. The largest absolute Gasteiger partial charge is 0.250 e. The van der Waals surface area contributed by atoms with Crippen LogP contribution in [0.3, 0.4) is 0 Å². The van der Waals surface area contributed by atoms with E-state index < -0.39 is 0 Å². The third-order valence-corrected chi connectivity index (χ3v) is 1.10. The predicted octanol–water partition coefficient (Wildman–Crippen LogP) is -0.219. The molecule has 0 aromatic carbocycles. The van der Waals surface area contributed by atoms with E-state index in [1.165, 1.54) is 4.68 Å². The van der Waals surface area contributed by atoms with Gasteiger partial charge in [0.15, 0.2) is 0 Å². The molecule has 4 nitrogen and oxygen atoms in total. The maximum absolute atomic E-state index is 4.87. The Hall–Kier alpha value is -2.03. The smallest absolute Gasteiger partial charge is 0.185 e. The van der Waals surface area contributed by atoms with Crippen molar-refractivity contribution >= 4 is 12.2 Å². The van der Waals surface area contributed by atoms with E-state index in [9.17, 15) is 0 Å². The molecular weight excluding hydrogens is 172 g/mol. The molecule has 0 aliphatic carbocycles. The molecular formula is C7H2N4S. The minimum Gasteiger partial charge on any atom is -0.185 e. The van der Waals surface area contributed by atoms with Crippen LogP contribution in [-0.2, 0) is 0 Å². The number of aromatic nitrogens is 4. The molecule has 0 atom stereocenters. The van der Waals surface area contributed by atoms with Gasteiger partial charge in [-0.2, -0.15) is 9.90 Å². The van der Waals surface area contributed by atoms with Crippen molar-refractivity contribution in [2.24, 2.45) is 0 Å². The number of hydrogen-bond acceptors (Lipinski definition) is 3. The highest BCUT2D eigenvalue weighted by Gasteiger charge is 1.85. The molecule has 12 heavy (non-hydrogen) atoms. The van der Waals surface area contributed by atoms with Gasteiger partial charge in [0, 0.05) is 11.8 Å². The molecule has 0 amide bonds. The summed E-state index contributed by atoms with van der Waals surface area (Å²) in [6, 6.07) is 2.54. The summed E-state index contributed by atoms with van der Waals surface area (Å²) in [5, 5.41) is 9.35. The lowest BCUT2D eigenvalue weighted by Gasteiger charge is -1.77. The maximum Gasteiger partial charge on any atom is 0.250 e. The van der Waals surface area contributed by atoms with Crippen molar-refractivity contribution in [2.75, 3.05) is 0 Å². The number of rotatable bonds is 0. The first kappa shape index (κ1) is 8.07. The lowest BCUT2D eigenvalue weighted by molar-refractivity contribution is 0.806.